The smallest absolute Gasteiger partial charge is 0.342 e. The SMILES string of the molecule is C/C=C/c1cccc(OC(C)=O)c1C(=O)OC. The second-order valence-corrected chi connectivity index (χ2v) is 3.31. The summed E-state index contributed by atoms with van der Waals surface area (Å²) in [6.07, 6.45) is 3.54. The molecule has 0 aliphatic rings. The van der Waals surface area contributed by atoms with E-state index in [1.165, 1.54) is 14.0 Å². The van der Waals surface area contributed by atoms with Crippen LogP contribution in [0.3, 0.4) is 0 Å². The van der Waals surface area contributed by atoms with E-state index in [2.05, 4.69) is 4.74 Å². The van der Waals surface area contributed by atoms with Crippen LogP contribution in [0.2, 0.25) is 0 Å². The fourth-order valence-corrected chi connectivity index (χ4v) is 1.43. The maximum absolute atomic E-state index is 11.7. The first-order chi connectivity index (χ1) is 8.10. The van der Waals surface area contributed by atoms with Gasteiger partial charge in [-0.3, -0.25) is 4.79 Å². The predicted molar refractivity (Wildman–Crippen MR) is 63.8 cm³/mol. The highest BCUT2D eigenvalue weighted by molar-refractivity contribution is 5.97. The van der Waals surface area contributed by atoms with Crippen LogP contribution in [0.1, 0.15) is 29.8 Å². The number of carbonyl (C=O) groups excluding carboxylic acids is 2. The molecular formula is C13H14O4. The number of methoxy groups -OCH3 is 1. The lowest BCUT2D eigenvalue weighted by atomic mass is 10.1. The summed E-state index contributed by atoms with van der Waals surface area (Å²) >= 11 is 0. The summed E-state index contributed by atoms with van der Waals surface area (Å²) in [6, 6.07) is 5.01. The van der Waals surface area contributed by atoms with Gasteiger partial charge < -0.3 is 9.47 Å². The Morgan fingerprint density at radius 3 is 2.53 bits per heavy atom. The van der Waals surface area contributed by atoms with E-state index in [-0.39, 0.29) is 11.3 Å². The van der Waals surface area contributed by atoms with E-state index in [4.69, 9.17) is 4.74 Å². The highest BCUT2D eigenvalue weighted by Gasteiger charge is 2.17. The van der Waals surface area contributed by atoms with Crippen LogP contribution in [-0.2, 0) is 9.53 Å². The third kappa shape index (κ3) is 3.17. The van der Waals surface area contributed by atoms with E-state index < -0.39 is 11.9 Å². The second kappa shape index (κ2) is 5.84. The van der Waals surface area contributed by atoms with Crippen molar-refractivity contribution in [2.24, 2.45) is 0 Å². The Bertz CT molecular complexity index is 460. The molecule has 0 aliphatic heterocycles. The quantitative estimate of drug-likeness (QED) is 0.595. The van der Waals surface area contributed by atoms with E-state index in [0.29, 0.717) is 5.56 Å². The lowest BCUT2D eigenvalue weighted by Gasteiger charge is -2.09. The first-order valence-corrected chi connectivity index (χ1v) is 5.12. The van der Waals surface area contributed by atoms with Crippen LogP contribution in [0.25, 0.3) is 6.08 Å². The minimum atomic E-state index is -0.532. The van der Waals surface area contributed by atoms with Crippen molar-refractivity contribution >= 4 is 18.0 Å². The van der Waals surface area contributed by atoms with Crippen molar-refractivity contribution in [1.29, 1.82) is 0 Å². The summed E-state index contributed by atoms with van der Waals surface area (Å²) in [5.74, 6) is -0.803. The zero-order valence-corrected chi connectivity index (χ0v) is 10.0. The molecule has 0 atom stereocenters. The van der Waals surface area contributed by atoms with Crippen molar-refractivity contribution in [2.45, 2.75) is 13.8 Å². The standard InChI is InChI=1S/C13H14O4/c1-4-6-10-7-5-8-11(17-9(2)14)12(10)13(15)16-3/h4-8H,1-3H3/b6-4+. The monoisotopic (exact) mass is 234 g/mol. The van der Waals surface area contributed by atoms with Crippen LogP contribution in [0.15, 0.2) is 24.3 Å². The van der Waals surface area contributed by atoms with Gasteiger partial charge in [-0.2, -0.15) is 0 Å². The molecule has 0 N–H and O–H groups in total. The van der Waals surface area contributed by atoms with Crippen LogP contribution in [-0.4, -0.2) is 19.0 Å². The molecule has 0 spiro atoms. The molecule has 0 amide bonds. The molecule has 0 aliphatic carbocycles. The maximum atomic E-state index is 11.7. The number of ether oxygens (including phenoxy) is 2. The fourth-order valence-electron chi connectivity index (χ4n) is 1.43. The van der Waals surface area contributed by atoms with Crippen molar-refractivity contribution in [3.8, 4) is 5.75 Å². The van der Waals surface area contributed by atoms with Gasteiger partial charge in [0.2, 0.25) is 0 Å². The third-order valence-corrected chi connectivity index (χ3v) is 2.05. The molecule has 0 saturated carbocycles. The average Bonchev–Trinajstić information content (AvgIpc) is 2.28. The van der Waals surface area contributed by atoms with E-state index >= 15 is 0 Å². The van der Waals surface area contributed by atoms with Crippen molar-refractivity contribution < 1.29 is 19.1 Å². The van der Waals surface area contributed by atoms with Crippen LogP contribution >= 0.6 is 0 Å². The molecule has 4 heteroatoms. The zero-order valence-electron chi connectivity index (χ0n) is 10.0. The minimum absolute atomic E-state index is 0.208. The Morgan fingerprint density at radius 1 is 1.29 bits per heavy atom. The van der Waals surface area contributed by atoms with Crippen LogP contribution < -0.4 is 4.74 Å². The number of hydrogen-bond acceptors (Lipinski definition) is 4. The zero-order chi connectivity index (χ0) is 12.8. The molecule has 0 heterocycles. The van der Waals surface area contributed by atoms with E-state index in [1.807, 2.05) is 6.92 Å². The molecule has 17 heavy (non-hydrogen) atoms. The first kappa shape index (κ1) is 13.0. The largest absolute Gasteiger partial charge is 0.465 e. The van der Waals surface area contributed by atoms with Crippen LogP contribution in [0.5, 0.6) is 5.75 Å². The number of benzene rings is 1. The summed E-state index contributed by atoms with van der Waals surface area (Å²) in [4.78, 5) is 22.6. The van der Waals surface area contributed by atoms with Gasteiger partial charge in [0.25, 0.3) is 0 Å². The molecule has 0 unspecified atom stereocenters. The normalized spacial score (nSPS) is 10.3. The van der Waals surface area contributed by atoms with Gasteiger partial charge in [-0.25, -0.2) is 4.79 Å². The average molecular weight is 234 g/mol. The highest BCUT2D eigenvalue weighted by Crippen LogP contribution is 2.24. The van der Waals surface area contributed by atoms with Crippen molar-refractivity contribution in [3.05, 3.63) is 35.4 Å². The van der Waals surface area contributed by atoms with Gasteiger partial charge in [-0.15, -0.1) is 0 Å². The first-order valence-electron chi connectivity index (χ1n) is 5.12. The number of hydrogen-bond donors (Lipinski definition) is 0. The Hall–Kier alpha value is -2.10. The molecule has 0 radical (unpaired) electrons. The van der Waals surface area contributed by atoms with Crippen molar-refractivity contribution in [3.63, 3.8) is 0 Å². The minimum Gasteiger partial charge on any atom is -0.465 e. The van der Waals surface area contributed by atoms with Gasteiger partial charge >= 0.3 is 11.9 Å². The Kier molecular flexibility index (Phi) is 4.46. The van der Waals surface area contributed by atoms with E-state index in [1.54, 1.807) is 30.4 Å². The van der Waals surface area contributed by atoms with E-state index in [0.717, 1.165) is 0 Å². The number of carbonyl (C=O) groups is 2. The number of esters is 2. The molecule has 1 rings (SSSR count). The number of allylic oxidation sites excluding steroid dienone is 1. The van der Waals surface area contributed by atoms with Crippen LogP contribution in [0, 0.1) is 0 Å². The van der Waals surface area contributed by atoms with Gasteiger partial charge in [-0.05, 0) is 18.6 Å². The molecule has 90 valence electrons. The molecule has 4 nitrogen and oxygen atoms in total. The van der Waals surface area contributed by atoms with Gasteiger partial charge in [0.1, 0.15) is 11.3 Å². The Balaban J connectivity index is 3.33. The van der Waals surface area contributed by atoms with Gasteiger partial charge in [-0.1, -0.05) is 24.3 Å². The second-order valence-electron chi connectivity index (χ2n) is 3.31. The molecule has 0 bridgehead atoms. The maximum Gasteiger partial charge on any atom is 0.342 e. The lowest BCUT2D eigenvalue weighted by molar-refractivity contribution is -0.131. The van der Waals surface area contributed by atoms with Gasteiger partial charge in [0, 0.05) is 6.92 Å². The summed E-state index contributed by atoms with van der Waals surface area (Å²) < 4.78 is 9.66. The molecule has 0 fully saturated rings. The number of rotatable bonds is 3. The fraction of sp³-hybridized carbons (Fsp3) is 0.231. The summed E-state index contributed by atoms with van der Waals surface area (Å²) in [5.41, 5.74) is 0.904. The molecule has 1 aromatic rings. The van der Waals surface area contributed by atoms with Gasteiger partial charge in [0.15, 0.2) is 0 Å². The summed E-state index contributed by atoms with van der Waals surface area (Å²) in [7, 11) is 1.28. The van der Waals surface area contributed by atoms with Crippen molar-refractivity contribution in [1.82, 2.24) is 0 Å². The molecular weight excluding hydrogens is 220 g/mol. The summed E-state index contributed by atoms with van der Waals surface area (Å²) in [5, 5.41) is 0. The van der Waals surface area contributed by atoms with Crippen molar-refractivity contribution in [2.75, 3.05) is 7.11 Å². The molecule has 0 saturated heterocycles. The Labute approximate surface area is 99.8 Å². The van der Waals surface area contributed by atoms with E-state index in [9.17, 15) is 9.59 Å². The Morgan fingerprint density at radius 2 is 2.00 bits per heavy atom. The highest BCUT2D eigenvalue weighted by atomic mass is 16.5. The summed E-state index contributed by atoms with van der Waals surface area (Å²) in [6.45, 7) is 3.11. The molecule has 1 aromatic carbocycles. The van der Waals surface area contributed by atoms with Gasteiger partial charge in [0.05, 0.1) is 7.11 Å². The van der Waals surface area contributed by atoms with Crippen LogP contribution in [0.4, 0.5) is 0 Å². The molecule has 0 aromatic heterocycles. The third-order valence-electron chi connectivity index (χ3n) is 2.05. The topological polar surface area (TPSA) is 52.6 Å². The predicted octanol–water partition coefficient (Wildman–Crippen LogP) is 2.43. The lowest BCUT2D eigenvalue weighted by Crippen LogP contribution is -2.10.